The number of halogens is 2. The average molecular weight is 372 g/mol. The molecule has 0 amide bonds. The van der Waals surface area contributed by atoms with Crippen LogP contribution in [-0.4, -0.2) is 68.6 Å². The Balaban J connectivity index is 1.78. The van der Waals surface area contributed by atoms with Gasteiger partial charge in [-0.3, -0.25) is 9.89 Å². The maximum atomic E-state index is 6.20. The van der Waals surface area contributed by atoms with Crippen LogP contribution in [0.15, 0.2) is 23.2 Å². The first-order valence-corrected chi connectivity index (χ1v) is 9.06. The summed E-state index contributed by atoms with van der Waals surface area (Å²) in [5.74, 6) is 0.780. The number of rotatable bonds is 5. The van der Waals surface area contributed by atoms with Crippen LogP contribution in [0.5, 0.6) is 0 Å². The van der Waals surface area contributed by atoms with Gasteiger partial charge >= 0.3 is 0 Å². The van der Waals surface area contributed by atoms with E-state index in [0.717, 1.165) is 44.2 Å². The van der Waals surface area contributed by atoms with E-state index < -0.39 is 0 Å². The molecule has 1 saturated heterocycles. The largest absolute Gasteiger partial charge is 0.355 e. The van der Waals surface area contributed by atoms with Crippen molar-refractivity contribution in [3.63, 3.8) is 0 Å². The molecule has 7 heteroatoms. The fourth-order valence-corrected chi connectivity index (χ4v) is 3.18. The first-order valence-electron chi connectivity index (χ1n) is 8.30. The van der Waals surface area contributed by atoms with Gasteiger partial charge in [-0.05, 0) is 31.7 Å². The standard InChI is InChI=1S/C17H27Cl2N5/c1-13(24-8-6-23(3)7-9-24)11-21-17(20-2)22-12-14-4-5-15(18)10-16(14)19/h4-5,10,13H,6-9,11-12H2,1-3H3,(H2,20,21,22). The number of hydrogen-bond acceptors (Lipinski definition) is 3. The third kappa shape index (κ3) is 5.81. The van der Waals surface area contributed by atoms with Crippen molar-refractivity contribution >= 4 is 29.2 Å². The molecule has 24 heavy (non-hydrogen) atoms. The fourth-order valence-electron chi connectivity index (χ4n) is 2.70. The first kappa shape index (κ1) is 19.3. The maximum absolute atomic E-state index is 6.20. The molecule has 2 N–H and O–H groups in total. The van der Waals surface area contributed by atoms with Gasteiger partial charge in [-0.15, -0.1) is 0 Å². The zero-order valence-electron chi connectivity index (χ0n) is 14.6. The van der Waals surface area contributed by atoms with Crippen LogP contribution in [0, 0.1) is 0 Å². The number of hydrogen-bond donors (Lipinski definition) is 2. The second-order valence-corrected chi connectivity index (χ2v) is 7.07. The van der Waals surface area contributed by atoms with E-state index in [4.69, 9.17) is 23.2 Å². The molecule has 1 aromatic carbocycles. The smallest absolute Gasteiger partial charge is 0.191 e. The van der Waals surface area contributed by atoms with Crippen molar-refractivity contribution in [2.24, 2.45) is 4.99 Å². The average Bonchev–Trinajstić information content (AvgIpc) is 2.57. The van der Waals surface area contributed by atoms with Crippen molar-refractivity contribution in [3.05, 3.63) is 33.8 Å². The quantitative estimate of drug-likeness (QED) is 0.615. The predicted octanol–water partition coefficient (Wildman–Crippen LogP) is 2.29. The molecular formula is C17H27Cl2N5. The van der Waals surface area contributed by atoms with E-state index >= 15 is 0 Å². The summed E-state index contributed by atoms with van der Waals surface area (Å²) in [5, 5.41) is 8.00. The zero-order valence-corrected chi connectivity index (χ0v) is 16.2. The molecule has 0 radical (unpaired) electrons. The molecule has 1 unspecified atom stereocenters. The van der Waals surface area contributed by atoms with Crippen molar-refractivity contribution in [2.75, 3.05) is 46.8 Å². The zero-order chi connectivity index (χ0) is 17.5. The molecule has 0 bridgehead atoms. The van der Waals surface area contributed by atoms with Gasteiger partial charge in [0.15, 0.2) is 5.96 Å². The molecule has 0 aliphatic carbocycles. The number of nitrogens with zero attached hydrogens (tertiary/aromatic N) is 3. The number of guanidine groups is 1. The van der Waals surface area contributed by atoms with Gasteiger partial charge in [0.25, 0.3) is 0 Å². The summed E-state index contributed by atoms with van der Waals surface area (Å²) in [6.45, 7) is 8.22. The highest BCUT2D eigenvalue weighted by Gasteiger charge is 2.19. The van der Waals surface area contributed by atoms with Gasteiger partial charge in [0.1, 0.15) is 0 Å². The van der Waals surface area contributed by atoms with Gasteiger partial charge in [0.2, 0.25) is 0 Å². The number of nitrogens with one attached hydrogen (secondary N) is 2. The summed E-state index contributed by atoms with van der Waals surface area (Å²) in [5.41, 5.74) is 0.996. The van der Waals surface area contributed by atoms with E-state index in [-0.39, 0.29) is 0 Å². The summed E-state index contributed by atoms with van der Waals surface area (Å²) in [6.07, 6.45) is 0. The van der Waals surface area contributed by atoms with Crippen LogP contribution >= 0.6 is 23.2 Å². The molecule has 0 saturated carbocycles. The molecule has 134 valence electrons. The lowest BCUT2D eigenvalue weighted by molar-refractivity contribution is 0.120. The van der Waals surface area contributed by atoms with E-state index in [1.54, 1.807) is 13.1 Å². The topological polar surface area (TPSA) is 42.9 Å². The van der Waals surface area contributed by atoms with Crippen LogP contribution in [0.2, 0.25) is 10.0 Å². The highest BCUT2D eigenvalue weighted by atomic mass is 35.5. The lowest BCUT2D eigenvalue weighted by atomic mass is 10.2. The normalized spacial score (nSPS) is 18.5. The van der Waals surface area contributed by atoms with E-state index in [0.29, 0.717) is 22.6 Å². The van der Waals surface area contributed by atoms with Crippen LogP contribution in [0.4, 0.5) is 0 Å². The second-order valence-electron chi connectivity index (χ2n) is 6.23. The van der Waals surface area contributed by atoms with Crippen molar-refractivity contribution in [2.45, 2.75) is 19.5 Å². The second kappa shape index (κ2) is 9.47. The minimum atomic E-state index is 0.469. The van der Waals surface area contributed by atoms with Gasteiger partial charge in [0, 0.05) is 62.4 Å². The molecule has 1 aromatic rings. The molecular weight excluding hydrogens is 345 g/mol. The third-order valence-electron chi connectivity index (χ3n) is 4.41. The molecule has 2 rings (SSSR count). The SMILES string of the molecule is CN=C(NCc1ccc(Cl)cc1Cl)NCC(C)N1CCN(C)CC1. The van der Waals surface area contributed by atoms with Crippen molar-refractivity contribution in [3.8, 4) is 0 Å². The Morgan fingerprint density at radius 1 is 1.21 bits per heavy atom. The van der Waals surface area contributed by atoms with Gasteiger partial charge in [-0.2, -0.15) is 0 Å². The van der Waals surface area contributed by atoms with Crippen LogP contribution in [0.3, 0.4) is 0 Å². The summed E-state index contributed by atoms with van der Waals surface area (Å²) >= 11 is 12.1. The van der Waals surface area contributed by atoms with Crippen molar-refractivity contribution in [1.29, 1.82) is 0 Å². The van der Waals surface area contributed by atoms with Crippen LogP contribution < -0.4 is 10.6 Å². The fraction of sp³-hybridized carbons (Fsp3) is 0.588. The molecule has 0 spiro atoms. The Labute approximate surface area is 155 Å². The molecule has 1 fully saturated rings. The molecule has 1 heterocycles. The minimum absolute atomic E-state index is 0.469. The molecule has 1 atom stereocenters. The summed E-state index contributed by atoms with van der Waals surface area (Å²) < 4.78 is 0. The number of aliphatic imine (C=N–C) groups is 1. The maximum Gasteiger partial charge on any atom is 0.191 e. The van der Waals surface area contributed by atoms with Crippen molar-refractivity contribution in [1.82, 2.24) is 20.4 Å². The van der Waals surface area contributed by atoms with Gasteiger partial charge in [-0.1, -0.05) is 29.3 Å². The third-order valence-corrected chi connectivity index (χ3v) is 5.00. The van der Waals surface area contributed by atoms with Gasteiger partial charge < -0.3 is 15.5 Å². The Hall–Kier alpha value is -1.01. The summed E-state index contributed by atoms with van der Waals surface area (Å²) in [6, 6.07) is 6.00. The Morgan fingerprint density at radius 2 is 1.92 bits per heavy atom. The lowest BCUT2D eigenvalue weighted by Gasteiger charge is -2.36. The molecule has 5 nitrogen and oxygen atoms in total. The predicted molar refractivity (Wildman–Crippen MR) is 103 cm³/mol. The van der Waals surface area contributed by atoms with E-state index in [1.807, 2.05) is 12.1 Å². The van der Waals surface area contributed by atoms with Gasteiger partial charge in [0.05, 0.1) is 0 Å². The van der Waals surface area contributed by atoms with Crippen LogP contribution in [-0.2, 0) is 6.54 Å². The lowest BCUT2D eigenvalue weighted by Crippen LogP contribution is -2.52. The number of benzene rings is 1. The summed E-state index contributed by atoms with van der Waals surface area (Å²) in [7, 11) is 3.95. The van der Waals surface area contributed by atoms with E-state index in [1.165, 1.54) is 0 Å². The van der Waals surface area contributed by atoms with E-state index in [2.05, 4.69) is 39.4 Å². The highest BCUT2D eigenvalue weighted by Crippen LogP contribution is 2.20. The molecule has 0 aromatic heterocycles. The molecule has 1 aliphatic rings. The van der Waals surface area contributed by atoms with E-state index in [9.17, 15) is 0 Å². The number of likely N-dealkylation sites (N-methyl/N-ethyl adjacent to an activating group) is 1. The Bertz CT molecular complexity index is 556. The van der Waals surface area contributed by atoms with Crippen LogP contribution in [0.1, 0.15) is 12.5 Å². The Kier molecular flexibility index (Phi) is 7.62. The first-order chi connectivity index (χ1) is 11.5. The minimum Gasteiger partial charge on any atom is -0.355 e. The highest BCUT2D eigenvalue weighted by molar-refractivity contribution is 6.35. The number of piperazine rings is 1. The Morgan fingerprint density at radius 3 is 2.54 bits per heavy atom. The molecule has 1 aliphatic heterocycles. The monoisotopic (exact) mass is 371 g/mol. The van der Waals surface area contributed by atoms with Crippen LogP contribution in [0.25, 0.3) is 0 Å². The van der Waals surface area contributed by atoms with Crippen molar-refractivity contribution < 1.29 is 0 Å². The summed E-state index contributed by atoms with van der Waals surface area (Å²) in [4.78, 5) is 9.16. The van der Waals surface area contributed by atoms with Gasteiger partial charge in [-0.25, -0.2) is 0 Å².